The molecule has 0 spiro atoms. The van der Waals surface area contributed by atoms with Gasteiger partial charge in [0.05, 0.1) is 17.7 Å². The molecule has 0 bridgehead atoms. The molecule has 0 heterocycles. The molecule has 25 heavy (non-hydrogen) atoms. The highest BCUT2D eigenvalue weighted by Gasteiger charge is 2.14. The molecular formula is C16H19N5O3S. The molecule has 2 aromatic rings. The lowest BCUT2D eigenvalue weighted by Crippen LogP contribution is -2.22. The number of hydrogen-bond donors (Lipinski definition) is 3. The van der Waals surface area contributed by atoms with Crippen molar-refractivity contribution in [3.05, 3.63) is 54.1 Å². The molecule has 0 aliphatic carbocycles. The fourth-order valence-electron chi connectivity index (χ4n) is 1.94. The molecule has 0 atom stereocenters. The summed E-state index contributed by atoms with van der Waals surface area (Å²) in [5.41, 5.74) is 12.1. The number of benzene rings is 2. The predicted octanol–water partition coefficient (Wildman–Crippen LogP) is 1.49. The highest BCUT2D eigenvalue weighted by atomic mass is 32.2. The number of hydrogen-bond acceptors (Lipinski definition) is 5. The number of ether oxygens (including phenoxy) is 1. The Hall–Kier alpha value is -3.07. The predicted molar refractivity (Wildman–Crippen MR) is 98.3 cm³/mol. The van der Waals surface area contributed by atoms with Crippen molar-refractivity contribution in [3.63, 3.8) is 0 Å². The molecule has 0 aliphatic rings. The number of methoxy groups -OCH3 is 1. The molecule has 0 saturated carbocycles. The summed E-state index contributed by atoms with van der Waals surface area (Å²) in [4.78, 5) is 0.127. The Kier molecular flexibility index (Phi) is 5.60. The lowest BCUT2D eigenvalue weighted by Gasteiger charge is -2.09. The first-order valence-electron chi connectivity index (χ1n) is 7.22. The molecule has 0 aromatic heterocycles. The van der Waals surface area contributed by atoms with Gasteiger partial charge in [0.25, 0.3) is 10.0 Å². The summed E-state index contributed by atoms with van der Waals surface area (Å²) < 4.78 is 32.4. The number of nitrogens with two attached hydrogens (primary N) is 2. The van der Waals surface area contributed by atoms with Crippen LogP contribution in [-0.4, -0.2) is 27.2 Å². The van der Waals surface area contributed by atoms with Gasteiger partial charge in [-0.1, -0.05) is 12.1 Å². The minimum absolute atomic E-state index is 0.127. The second kappa shape index (κ2) is 7.67. The van der Waals surface area contributed by atoms with E-state index in [1.165, 1.54) is 12.1 Å². The number of nitrogens with one attached hydrogen (secondary N) is 1. The van der Waals surface area contributed by atoms with E-state index in [2.05, 4.69) is 14.9 Å². The maximum absolute atomic E-state index is 12.4. The van der Waals surface area contributed by atoms with Gasteiger partial charge in [-0.05, 0) is 48.9 Å². The summed E-state index contributed by atoms with van der Waals surface area (Å²) in [6.07, 6.45) is 0. The molecule has 132 valence electrons. The monoisotopic (exact) mass is 361 g/mol. The van der Waals surface area contributed by atoms with E-state index < -0.39 is 10.0 Å². The first-order chi connectivity index (χ1) is 11.8. The van der Waals surface area contributed by atoms with Crippen molar-refractivity contribution < 1.29 is 13.2 Å². The topological polar surface area (TPSA) is 132 Å². The van der Waals surface area contributed by atoms with Crippen molar-refractivity contribution in [2.45, 2.75) is 11.8 Å². The Morgan fingerprint density at radius 1 is 1.00 bits per heavy atom. The van der Waals surface area contributed by atoms with Crippen LogP contribution in [0.1, 0.15) is 12.5 Å². The molecule has 5 N–H and O–H groups in total. The average Bonchev–Trinajstić information content (AvgIpc) is 2.60. The number of anilines is 1. The van der Waals surface area contributed by atoms with Crippen LogP contribution in [0.5, 0.6) is 5.75 Å². The molecule has 0 amide bonds. The molecule has 0 radical (unpaired) electrons. The minimum atomic E-state index is -3.70. The summed E-state index contributed by atoms with van der Waals surface area (Å²) >= 11 is 0. The van der Waals surface area contributed by atoms with E-state index in [0.29, 0.717) is 22.7 Å². The quantitative estimate of drug-likeness (QED) is 0.407. The van der Waals surface area contributed by atoms with E-state index in [9.17, 15) is 8.42 Å². The average molecular weight is 361 g/mol. The summed E-state index contributed by atoms with van der Waals surface area (Å²) in [6.45, 7) is 1.71. The van der Waals surface area contributed by atoms with Crippen LogP contribution in [0.4, 0.5) is 5.69 Å². The van der Waals surface area contributed by atoms with Gasteiger partial charge in [0, 0.05) is 5.69 Å². The molecule has 0 fully saturated rings. The van der Waals surface area contributed by atoms with E-state index >= 15 is 0 Å². The lowest BCUT2D eigenvalue weighted by atomic mass is 10.1. The van der Waals surface area contributed by atoms with E-state index in [0.717, 1.165) is 0 Å². The summed E-state index contributed by atoms with van der Waals surface area (Å²) in [7, 11) is -2.16. The second-order valence-corrected chi connectivity index (χ2v) is 6.75. The smallest absolute Gasteiger partial charge is 0.261 e. The molecule has 8 nitrogen and oxygen atoms in total. The largest absolute Gasteiger partial charge is 0.497 e. The van der Waals surface area contributed by atoms with E-state index in [1.807, 2.05) is 0 Å². The Morgan fingerprint density at radius 3 is 2.12 bits per heavy atom. The van der Waals surface area contributed by atoms with E-state index in [-0.39, 0.29) is 10.9 Å². The number of guanidine groups is 1. The van der Waals surface area contributed by atoms with Gasteiger partial charge in [0.15, 0.2) is 0 Å². The van der Waals surface area contributed by atoms with Crippen LogP contribution in [0, 0.1) is 0 Å². The normalized spacial score (nSPS) is 11.7. The zero-order chi connectivity index (χ0) is 18.4. The lowest BCUT2D eigenvalue weighted by molar-refractivity contribution is 0.415. The second-order valence-electron chi connectivity index (χ2n) is 5.07. The van der Waals surface area contributed by atoms with Crippen molar-refractivity contribution in [1.82, 2.24) is 0 Å². The van der Waals surface area contributed by atoms with Crippen LogP contribution >= 0.6 is 0 Å². The molecule has 0 saturated heterocycles. The van der Waals surface area contributed by atoms with Gasteiger partial charge in [0.1, 0.15) is 5.75 Å². The highest BCUT2D eigenvalue weighted by molar-refractivity contribution is 7.92. The van der Waals surface area contributed by atoms with Crippen LogP contribution in [0.3, 0.4) is 0 Å². The fourth-order valence-corrected chi connectivity index (χ4v) is 3.00. The minimum Gasteiger partial charge on any atom is -0.497 e. The number of nitrogens with zero attached hydrogens (tertiary/aromatic N) is 2. The Morgan fingerprint density at radius 2 is 1.60 bits per heavy atom. The van der Waals surface area contributed by atoms with Crippen LogP contribution < -0.4 is 20.9 Å². The third-order valence-electron chi connectivity index (χ3n) is 3.24. The van der Waals surface area contributed by atoms with Gasteiger partial charge in [-0.15, -0.1) is 5.10 Å². The highest BCUT2D eigenvalue weighted by Crippen LogP contribution is 2.19. The maximum Gasteiger partial charge on any atom is 0.261 e. The maximum atomic E-state index is 12.4. The first-order valence-corrected chi connectivity index (χ1v) is 8.70. The standard InChI is InChI=1S/C16H19N5O3S/c1-11(19-20-16(17)18)12-3-9-15(10-4-12)25(22,23)21-13-5-7-14(24-2)8-6-13/h3-10,21H,1-2H3,(H4,17,18,20)/b19-11-. The Balaban J connectivity index is 2.19. The van der Waals surface area contributed by atoms with Crippen LogP contribution in [0.2, 0.25) is 0 Å². The summed E-state index contributed by atoms with van der Waals surface area (Å²) in [5.74, 6) is 0.491. The first kappa shape index (κ1) is 18.3. The fraction of sp³-hybridized carbons (Fsp3) is 0.125. The molecular weight excluding hydrogens is 342 g/mol. The van der Waals surface area contributed by atoms with Gasteiger partial charge in [-0.25, -0.2) is 8.42 Å². The SMILES string of the molecule is COc1ccc(NS(=O)(=O)c2ccc(/C(C)=N\N=C(N)N)cc2)cc1. The van der Waals surface area contributed by atoms with Crippen molar-refractivity contribution in [2.24, 2.45) is 21.7 Å². The third kappa shape index (κ3) is 4.95. The molecule has 0 unspecified atom stereocenters. The van der Waals surface area contributed by atoms with Crippen LogP contribution in [-0.2, 0) is 10.0 Å². The van der Waals surface area contributed by atoms with E-state index in [4.69, 9.17) is 16.2 Å². The van der Waals surface area contributed by atoms with Gasteiger partial charge in [-0.2, -0.15) is 5.10 Å². The zero-order valence-corrected chi connectivity index (χ0v) is 14.6. The Bertz CT molecular complexity index is 884. The summed E-state index contributed by atoms with van der Waals surface area (Å²) in [5, 5.41) is 7.41. The molecule has 2 aromatic carbocycles. The summed E-state index contributed by atoms with van der Waals surface area (Å²) in [6, 6.07) is 12.8. The number of sulfonamides is 1. The zero-order valence-electron chi connectivity index (χ0n) is 13.8. The van der Waals surface area contributed by atoms with Gasteiger partial charge in [0.2, 0.25) is 5.96 Å². The van der Waals surface area contributed by atoms with Crippen LogP contribution in [0.15, 0.2) is 63.6 Å². The van der Waals surface area contributed by atoms with Gasteiger partial charge < -0.3 is 16.2 Å². The van der Waals surface area contributed by atoms with Gasteiger partial charge >= 0.3 is 0 Å². The third-order valence-corrected chi connectivity index (χ3v) is 4.64. The van der Waals surface area contributed by atoms with Crippen molar-refractivity contribution in [2.75, 3.05) is 11.8 Å². The molecule has 2 rings (SSSR count). The van der Waals surface area contributed by atoms with E-state index in [1.54, 1.807) is 50.4 Å². The van der Waals surface area contributed by atoms with Crippen molar-refractivity contribution in [3.8, 4) is 5.75 Å². The van der Waals surface area contributed by atoms with Crippen molar-refractivity contribution >= 4 is 27.4 Å². The van der Waals surface area contributed by atoms with Crippen LogP contribution in [0.25, 0.3) is 0 Å². The number of rotatable bonds is 6. The molecule has 0 aliphatic heterocycles. The van der Waals surface area contributed by atoms with Gasteiger partial charge in [-0.3, -0.25) is 4.72 Å². The Labute approximate surface area is 146 Å². The van der Waals surface area contributed by atoms with Crippen molar-refractivity contribution in [1.29, 1.82) is 0 Å². The molecule has 9 heteroatoms.